The van der Waals surface area contributed by atoms with E-state index in [-0.39, 0.29) is 0 Å². The van der Waals surface area contributed by atoms with Crippen LogP contribution in [0.25, 0.3) is 11.3 Å². The van der Waals surface area contributed by atoms with Gasteiger partial charge in [-0.25, -0.2) is 0 Å². The highest BCUT2D eigenvalue weighted by Gasteiger charge is 2.48. The van der Waals surface area contributed by atoms with Gasteiger partial charge < -0.3 is 4.18 Å². The zero-order valence-electron chi connectivity index (χ0n) is 11.0. The van der Waals surface area contributed by atoms with Crippen LogP contribution in [-0.4, -0.2) is 23.7 Å². The summed E-state index contributed by atoms with van der Waals surface area (Å²) in [7, 11) is -3.91. The molecule has 0 amide bonds. The number of hydrogen-bond acceptors (Lipinski definition) is 4. The first-order valence-electron chi connectivity index (χ1n) is 5.71. The Labute approximate surface area is 119 Å². The fourth-order valence-corrected chi connectivity index (χ4v) is 2.19. The Bertz CT molecular complexity index is 749. The Morgan fingerprint density at radius 1 is 1.19 bits per heavy atom. The van der Waals surface area contributed by atoms with Crippen LogP contribution < -0.4 is 4.18 Å². The number of aromatic nitrogens is 2. The highest BCUT2D eigenvalue weighted by molar-refractivity contribution is 7.87. The molecule has 1 aromatic heterocycles. The molecular weight excluding hydrogens is 309 g/mol. The van der Waals surface area contributed by atoms with Gasteiger partial charge in [-0.15, -0.1) is 0 Å². The first kappa shape index (κ1) is 15.4. The maximum Gasteiger partial charge on any atom is 0.534 e. The van der Waals surface area contributed by atoms with Crippen LogP contribution in [0.15, 0.2) is 30.5 Å². The molecule has 5 nitrogen and oxygen atoms in total. The van der Waals surface area contributed by atoms with Crippen molar-refractivity contribution in [3.63, 3.8) is 0 Å². The Morgan fingerprint density at radius 3 is 2.19 bits per heavy atom. The Balaban J connectivity index is 2.26. The predicted molar refractivity (Wildman–Crippen MR) is 69.0 cm³/mol. The van der Waals surface area contributed by atoms with Gasteiger partial charge in [-0.2, -0.15) is 26.7 Å². The summed E-state index contributed by atoms with van der Waals surface area (Å²) in [6, 6.07) is 5.17. The smallest absolute Gasteiger partial charge is 0.376 e. The van der Waals surface area contributed by atoms with Crippen molar-refractivity contribution in [3.05, 3.63) is 36.0 Å². The summed E-state index contributed by atoms with van der Waals surface area (Å²) in [6.45, 7) is 1.83. The molecule has 0 radical (unpaired) electrons. The standard InChI is InChI=1S/C12H11F3N2O3S/c1-8-7-17(2)16-11(8)9-3-5-10(6-4-9)20-21(18,19)12(13,14)15/h3-7H,1-2H3. The van der Waals surface area contributed by atoms with Crippen molar-refractivity contribution in [1.82, 2.24) is 9.78 Å². The maximum absolute atomic E-state index is 12.2. The molecule has 2 aromatic rings. The van der Waals surface area contributed by atoms with Crippen molar-refractivity contribution in [2.24, 2.45) is 7.05 Å². The van der Waals surface area contributed by atoms with Crippen LogP contribution in [0.5, 0.6) is 5.75 Å². The quantitative estimate of drug-likeness (QED) is 0.644. The van der Waals surface area contributed by atoms with E-state index in [4.69, 9.17) is 0 Å². The lowest BCUT2D eigenvalue weighted by Gasteiger charge is -2.09. The molecule has 0 saturated carbocycles. The molecule has 1 aromatic carbocycles. The van der Waals surface area contributed by atoms with Gasteiger partial charge in [-0.05, 0) is 36.8 Å². The fourth-order valence-electron chi connectivity index (χ4n) is 1.73. The van der Waals surface area contributed by atoms with E-state index < -0.39 is 21.4 Å². The number of aryl methyl sites for hydroxylation is 2. The normalized spacial score (nSPS) is 12.4. The van der Waals surface area contributed by atoms with Crippen molar-refractivity contribution in [1.29, 1.82) is 0 Å². The molecule has 0 bridgehead atoms. The van der Waals surface area contributed by atoms with Crippen LogP contribution in [0.3, 0.4) is 0 Å². The second kappa shape index (κ2) is 5.06. The summed E-state index contributed by atoms with van der Waals surface area (Å²) in [5, 5.41) is 4.20. The van der Waals surface area contributed by atoms with Gasteiger partial charge in [-0.1, -0.05) is 0 Å². The van der Waals surface area contributed by atoms with E-state index in [0.29, 0.717) is 11.3 Å². The van der Waals surface area contributed by atoms with Crippen molar-refractivity contribution in [2.45, 2.75) is 12.4 Å². The number of halogens is 3. The Kier molecular flexibility index (Phi) is 3.70. The second-order valence-electron chi connectivity index (χ2n) is 4.34. The zero-order valence-corrected chi connectivity index (χ0v) is 11.9. The molecule has 114 valence electrons. The van der Waals surface area contributed by atoms with Crippen LogP contribution in [0.2, 0.25) is 0 Å². The van der Waals surface area contributed by atoms with E-state index in [9.17, 15) is 21.6 Å². The van der Waals surface area contributed by atoms with Gasteiger partial charge in [0.2, 0.25) is 0 Å². The molecule has 1 heterocycles. The maximum atomic E-state index is 12.2. The predicted octanol–water partition coefficient (Wildman–Crippen LogP) is 2.62. The summed E-state index contributed by atoms with van der Waals surface area (Å²) >= 11 is 0. The Morgan fingerprint density at radius 2 is 1.76 bits per heavy atom. The molecule has 0 unspecified atom stereocenters. The fraction of sp³-hybridized carbons (Fsp3) is 0.250. The van der Waals surface area contributed by atoms with Crippen molar-refractivity contribution >= 4 is 10.1 Å². The molecule has 0 aliphatic carbocycles. The molecule has 2 rings (SSSR count). The molecular formula is C12H11F3N2O3S. The molecule has 0 fully saturated rings. The van der Waals surface area contributed by atoms with Gasteiger partial charge in [0.15, 0.2) is 0 Å². The van der Waals surface area contributed by atoms with E-state index in [1.54, 1.807) is 17.9 Å². The van der Waals surface area contributed by atoms with Gasteiger partial charge >= 0.3 is 15.6 Å². The minimum atomic E-state index is -5.65. The van der Waals surface area contributed by atoms with Gasteiger partial charge in [0.1, 0.15) is 5.75 Å². The molecule has 0 N–H and O–H groups in total. The van der Waals surface area contributed by atoms with E-state index in [2.05, 4.69) is 9.28 Å². The molecule has 0 aliphatic heterocycles. The summed E-state index contributed by atoms with van der Waals surface area (Å²) < 4.78 is 63.9. The number of rotatable bonds is 3. The third kappa shape index (κ3) is 3.18. The third-order valence-electron chi connectivity index (χ3n) is 2.63. The molecule has 0 aliphatic rings. The highest BCUT2D eigenvalue weighted by atomic mass is 32.2. The molecule has 0 spiro atoms. The Hall–Kier alpha value is -2.03. The topological polar surface area (TPSA) is 61.2 Å². The second-order valence-corrected chi connectivity index (χ2v) is 5.88. The summed E-state index contributed by atoms with van der Waals surface area (Å²) in [4.78, 5) is 0. The van der Waals surface area contributed by atoms with Crippen LogP contribution in [0.4, 0.5) is 13.2 Å². The van der Waals surface area contributed by atoms with Crippen LogP contribution in [0.1, 0.15) is 5.56 Å². The lowest BCUT2D eigenvalue weighted by atomic mass is 10.1. The van der Waals surface area contributed by atoms with E-state index in [1.807, 2.05) is 6.92 Å². The van der Waals surface area contributed by atoms with Crippen molar-refractivity contribution < 1.29 is 25.8 Å². The number of alkyl halides is 3. The summed E-state index contributed by atoms with van der Waals surface area (Å²) in [5.74, 6) is -0.412. The van der Waals surface area contributed by atoms with Crippen LogP contribution in [0, 0.1) is 6.92 Å². The zero-order chi connectivity index (χ0) is 15.8. The molecule has 0 saturated heterocycles. The number of benzene rings is 1. The van der Waals surface area contributed by atoms with E-state index >= 15 is 0 Å². The molecule has 21 heavy (non-hydrogen) atoms. The average molecular weight is 320 g/mol. The third-order valence-corrected chi connectivity index (χ3v) is 3.61. The number of nitrogens with zero attached hydrogens (tertiary/aromatic N) is 2. The SMILES string of the molecule is Cc1cn(C)nc1-c1ccc(OS(=O)(=O)C(F)(F)F)cc1. The van der Waals surface area contributed by atoms with Crippen molar-refractivity contribution in [2.75, 3.05) is 0 Å². The van der Waals surface area contributed by atoms with Crippen LogP contribution >= 0.6 is 0 Å². The van der Waals surface area contributed by atoms with Gasteiger partial charge in [0, 0.05) is 18.8 Å². The lowest BCUT2D eigenvalue weighted by molar-refractivity contribution is -0.0500. The van der Waals surface area contributed by atoms with Gasteiger partial charge in [-0.3, -0.25) is 4.68 Å². The molecule has 9 heteroatoms. The summed E-state index contributed by atoms with van der Waals surface area (Å²) in [6.07, 6.45) is 1.79. The minimum Gasteiger partial charge on any atom is -0.376 e. The first-order chi connectivity index (χ1) is 9.60. The molecule has 0 atom stereocenters. The van der Waals surface area contributed by atoms with E-state index in [0.717, 1.165) is 17.7 Å². The average Bonchev–Trinajstić information content (AvgIpc) is 2.67. The monoisotopic (exact) mass is 320 g/mol. The minimum absolute atomic E-state index is 0.412. The summed E-state index contributed by atoms with van der Waals surface area (Å²) in [5.41, 5.74) is -3.27. The largest absolute Gasteiger partial charge is 0.534 e. The van der Waals surface area contributed by atoms with Crippen LogP contribution in [-0.2, 0) is 17.2 Å². The van der Waals surface area contributed by atoms with E-state index in [1.165, 1.54) is 12.1 Å². The number of hydrogen-bond donors (Lipinski definition) is 0. The first-order valence-corrected chi connectivity index (χ1v) is 7.12. The highest BCUT2D eigenvalue weighted by Crippen LogP contribution is 2.28. The van der Waals surface area contributed by atoms with Gasteiger partial charge in [0.25, 0.3) is 0 Å². The van der Waals surface area contributed by atoms with Gasteiger partial charge in [0.05, 0.1) is 5.69 Å². The lowest BCUT2D eigenvalue weighted by Crippen LogP contribution is -2.28. The van der Waals surface area contributed by atoms with Crippen molar-refractivity contribution in [3.8, 4) is 17.0 Å².